The minimum atomic E-state index is -0.991. The lowest BCUT2D eigenvalue weighted by atomic mass is 10.0. The summed E-state index contributed by atoms with van der Waals surface area (Å²) in [4.78, 5) is 24.7. The van der Waals surface area contributed by atoms with Crippen LogP contribution in [-0.4, -0.2) is 29.7 Å². The van der Waals surface area contributed by atoms with Crippen LogP contribution in [-0.2, 0) is 30.4 Å². The maximum Gasteiger partial charge on any atom is 0.320 e. The third-order valence-electron chi connectivity index (χ3n) is 3.05. The van der Waals surface area contributed by atoms with Gasteiger partial charge in [-0.1, -0.05) is 30.3 Å². The van der Waals surface area contributed by atoms with E-state index in [9.17, 15) is 9.59 Å². The molecule has 140 valence electrons. The molecule has 0 saturated heterocycles. The number of hydrogen-bond acceptors (Lipinski definition) is 5. The van der Waals surface area contributed by atoms with Crippen molar-refractivity contribution in [3.05, 3.63) is 35.9 Å². The molecule has 1 rings (SSSR count). The number of carbonyl (C=O) groups excluding carboxylic acids is 2. The highest BCUT2D eigenvalue weighted by Crippen LogP contribution is 2.19. The molecule has 5 nitrogen and oxygen atoms in total. The van der Waals surface area contributed by atoms with Gasteiger partial charge in [0, 0.05) is 6.61 Å². The van der Waals surface area contributed by atoms with Gasteiger partial charge in [0.2, 0.25) is 0 Å². The first-order valence-corrected chi connectivity index (χ1v) is 8.55. The van der Waals surface area contributed by atoms with Gasteiger partial charge in [-0.25, -0.2) is 0 Å². The van der Waals surface area contributed by atoms with Crippen molar-refractivity contribution in [3.8, 4) is 0 Å². The molecule has 25 heavy (non-hydrogen) atoms. The fourth-order valence-electron chi connectivity index (χ4n) is 2.04. The van der Waals surface area contributed by atoms with Gasteiger partial charge in [-0.3, -0.25) is 9.59 Å². The van der Waals surface area contributed by atoms with Crippen molar-refractivity contribution in [3.63, 3.8) is 0 Å². The van der Waals surface area contributed by atoms with E-state index in [2.05, 4.69) is 0 Å². The molecule has 0 radical (unpaired) electrons. The monoisotopic (exact) mass is 350 g/mol. The predicted molar refractivity (Wildman–Crippen MR) is 95.9 cm³/mol. The van der Waals surface area contributed by atoms with Crippen molar-refractivity contribution < 1.29 is 23.8 Å². The number of carbonyl (C=O) groups is 2. The highest BCUT2D eigenvalue weighted by molar-refractivity contribution is 5.95. The minimum absolute atomic E-state index is 0.219. The largest absolute Gasteiger partial charge is 0.459 e. The Bertz CT molecular complexity index is 524. The Morgan fingerprint density at radius 3 is 1.80 bits per heavy atom. The molecule has 0 amide bonds. The summed E-state index contributed by atoms with van der Waals surface area (Å²) in [6.45, 7) is 11.3. The van der Waals surface area contributed by atoms with Gasteiger partial charge in [0.15, 0.2) is 5.92 Å². The Morgan fingerprint density at radius 1 is 0.880 bits per heavy atom. The quantitative estimate of drug-likeness (QED) is 0.424. The third kappa shape index (κ3) is 9.25. The van der Waals surface area contributed by atoms with Gasteiger partial charge in [0.1, 0.15) is 11.2 Å². The smallest absolute Gasteiger partial charge is 0.320 e. The van der Waals surface area contributed by atoms with E-state index in [1.54, 1.807) is 41.5 Å². The summed E-state index contributed by atoms with van der Waals surface area (Å²) < 4.78 is 16.3. The Morgan fingerprint density at radius 2 is 1.36 bits per heavy atom. The lowest BCUT2D eigenvalue weighted by Crippen LogP contribution is -2.37. The number of benzene rings is 1. The van der Waals surface area contributed by atoms with Gasteiger partial charge in [0.05, 0.1) is 6.61 Å². The number of ether oxygens (including phenoxy) is 3. The first-order valence-electron chi connectivity index (χ1n) is 8.55. The summed E-state index contributed by atoms with van der Waals surface area (Å²) in [6, 6.07) is 9.72. The molecular weight excluding hydrogens is 320 g/mol. The third-order valence-corrected chi connectivity index (χ3v) is 3.05. The van der Waals surface area contributed by atoms with E-state index in [0.29, 0.717) is 6.61 Å². The molecule has 0 spiro atoms. The predicted octanol–water partition coefficient (Wildman–Crippen LogP) is 3.89. The van der Waals surface area contributed by atoms with Gasteiger partial charge in [-0.15, -0.1) is 0 Å². The summed E-state index contributed by atoms with van der Waals surface area (Å²) in [5.41, 5.74) is -0.293. The number of esters is 2. The normalized spacial score (nSPS) is 12.1. The summed E-state index contributed by atoms with van der Waals surface area (Å²) in [5.74, 6) is -2.15. The second-order valence-electron chi connectivity index (χ2n) is 7.95. The van der Waals surface area contributed by atoms with E-state index < -0.39 is 29.1 Å². The summed E-state index contributed by atoms with van der Waals surface area (Å²) in [5, 5.41) is 0. The summed E-state index contributed by atoms with van der Waals surface area (Å²) >= 11 is 0. The van der Waals surface area contributed by atoms with Crippen LogP contribution in [0.1, 0.15) is 53.5 Å². The van der Waals surface area contributed by atoms with Crippen molar-refractivity contribution in [2.75, 3.05) is 6.61 Å². The lowest BCUT2D eigenvalue weighted by Gasteiger charge is -2.26. The Labute approximate surface area is 150 Å². The molecule has 0 aliphatic heterocycles. The van der Waals surface area contributed by atoms with Crippen LogP contribution in [0.3, 0.4) is 0 Å². The summed E-state index contributed by atoms with van der Waals surface area (Å²) in [6.07, 6.45) is 0.219. The SMILES string of the molecule is CC(C)(C)OC(=O)C(CCOCc1ccccc1)C(=O)OC(C)(C)C. The van der Waals surface area contributed by atoms with Gasteiger partial charge in [0.25, 0.3) is 0 Å². The molecular formula is C20H30O5. The van der Waals surface area contributed by atoms with E-state index in [0.717, 1.165) is 5.56 Å². The van der Waals surface area contributed by atoms with E-state index in [1.807, 2.05) is 30.3 Å². The van der Waals surface area contributed by atoms with Gasteiger partial charge < -0.3 is 14.2 Å². The molecule has 1 aromatic rings. The zero-order valence-electron chi connectivity index (χ0n) is 16.1. The first-order chi connectivity index (χ1) is 11.5. The second kappa shape index (κ2) is 8.99. The average Bonchev–Trinajstić information content (AvgIpc) is 2.44. The fourth-order valence-corrected chi connectivity index (χ4v) is 2.04. The van der Waals surface area contributed by atoms with E-state index in [-0.39, 0.29) is 13.0 Å². The van der Waals surface area contributed by atoms with Crippen molar-refractivity contribution in [1.82, 2.24) is 0 Å². The molecule has 0 saturated carbocycles. The fraction of sp³-hybridized carbons (Fsp3) is 0.600. The topological polar surface area (TPSA) is 61.8 Å². The molecule has 0 aliphatic rings. The molecule has 1 aromatic carbocycles. The average molecular weight is 350 g/mol. The van der Waals surface area contributed by atoms with Crippen LogP contribution < -0.4 is 0 Å². The van der Waals surface area contributed by atoms with E-state index in [4.69, 9.17) is 14.2 Å². The zero-order valence-corrected chi connectivity index (χ0v) is 16.1. The number of rotatable bonds is 7. The molecule has 0 heterocycles. The van der Waals surface area contributed by atoms with Gasteiger partial charge in [-0.2, -0.15) is 0 Å². The van der Waals surface area contributed by atoms with Crippen molar-refractivity contribution in [1.29, 1.82) is 0 Å². The molecule has 0 bridgehead atoms. The molecule has 0 N–H and O–H groups in total. The van der Waals surface area contributed by atoms with Crippen molar-refractivity contribution in [2.24, 2.45) is 5.92 Å². The Balaban J connectivity index is 2.63. The first kappa shape index (κ1) is 21.2. The van der Waals surface area contributed by atoms with Gasteiger partial charge in [-0.05, 0) is 53.5 Å². The van der Waals surface area contributed by atoms with Gasteiger partial charge >= 0.3 is 11.9 Å². The van der Waals surface area contributed by atoms with E-state index >= 15 is 0 Å². The molecule has 0 fully saturated rings. The summed E-state index contributed by atoms with van der Waals surface area (Å²) in [7, 11) is 0. The zero-order chi connectivity index (χ0) is 19.1. The maximum absolute atomic E-state index is 12.4. The van der Waals surface area contributed by atoms with Crippen LogP contribution in [0.4, 0.5) is 0 Å². The standard InChI is InChI=1S/C20H30O5/c1-19(2,3)24-17(21)16(18(22)25-20(4,5)6)12-13-23-14-15-10-8-7-9-11-15/h7-11,16H,12-14H2,1-6H3. The molecule has 0 unspecified atom stereocenters. The van der Waals surface area contributed by atoms with Crippen LogP contribution in [0.2, 0.25) is 0 Å². The minimum Gasteiger partial charge on any atom is -0.459 e. The van der Waals surface area contributed by atoms with Crippen LogP contribution in [0, 0.1) is 5.92 Å². The van der Waals surface area contributed by atoms with Crippen LogP contribution >= 0.6 is 0 Å². The molecule has 0 aliphatic carbocycles. The van der Waals surface area contributed by atoms with Crippen molar-refractivity contribution >= 4 is 11.9 Å². The van der Waals surface area contributed by atoms with E-state index in [1.165, 1.54) is 0 Å². The highest BCUT2D eigenvalue weighted by atomic mass is 16.6. The Hall–Kier alpha value is -1.88. The van der Waals surface area contributed by atoms with Crippen LogP contribution in [0.15, 0.2) is 30.3 Å². The highest BCUT2D eigenvalue weighted by Gasteiger charge is 2.34. The van der Waals surface area contributed by atoms with Crippen LogP contribution in [0.5, 0.6) is 0 Å². The van der Waals surface area contributed by atoms with Crippen LogP contribution in [0.25, 0.3) is 0 Å². The molecule has 5 heteroatoms. The lowest BCUT2D eigenvalue weighted by molar-refractivity contribution is -0.175. The van der Waals surface area contributed by atoms with Crippen molar-refractivity contribution in [2.45, 2.75) is 65.8 Å². The maximum atomic E-state index is 12.4. The number of hydrogen-bond donors (Lipinski definition) is 0. The molecule has 0 aromatic heterocycles. The second-order valence-corrected chi connectivity index (χ2v) is 7.95. The molecule has 0 atom stereocenters. The Kier molecular flexibility index (Phi) is 7.61.